The first-order valence-electron chi connectivity index (χ1n) is 8.10. The molecule has 6 nitrogen and oxygen atoms in total. The summed E-state index contributed by atoms with van der Waals surface area (Å²) in [4.78, 5) is 36.1. The number of benzene rings is 1. The van der Waals surface area contributed by atoms with Crippen LogP contribution in [0.25, 0.3) is 0 Å². The normalized spacial score (nSPS) is 19.5. The summed E-state index contributed by atoms with van der Waals surface area (Å²) in [6.07, 6.45) is 5.15. The number of carboxylic acid groups (broad SMARTS) is 1. The molecule has 0 aromatic heterocycles. The van der Waals surface area contributed by atoms with Crippen molar-refractivity contribution >= 4 is 23.5 Å². The number of nitrogens with one attached hydrogen (secondary N) is 2. The van der Waals surface area contributed by atoms with Crippen LogP contribution in [-0.4, -0.2) is 29.4 Å². The third-order valence-corrected chi connectivity index (χ3v) is 4.05. The van der Waals surface area contributed by atoms with Crippen LogP contribution < -0.4 is 10.6 Å². The summed E-state index contributed by atoms with van der Waals surface area (Å²) in [7, 11) is 0. The molecule has 0 fully saturated rings. The van der Waals surface area contributed by atoms with Gasteiger partial charge in [-0.1, -0.05) is 31.2 Å². The summed E-state index contributed by atoms with van der Waals surface area (Å²) < 4.78 is 0. The molecule has 24 heavy (non-hydrogen) atoms. The third-order valence-electron chi connectivity index (χ3n) is 4.05. The zero-order valence-electron chi connectivity index (χ0n) is 13.6. The highest BCUT2D eigenvalue weighted by atomic mass is 16.4. The van der Waals surface area contributed by atoms with Gasteiger partial charge in [0, 0.05) is 6.54 Å². The Morgan fingerprint density at radius 1 is 1.12 bits per heavy atom. The average molecular weight is 330 g/mol. The van der Waals surface area contributed by atoms with Crippen molar-refractivity contribution in [3.8, 4) is 0 Å². The monoisotopic (exact) mass is 330 g/mol. The molecule has 0 aliphatic heterocycles. The summed E-state index contributed by atoms with van der Waals surface area (Å²) in [5.41, 5.74) is 0.771. The van der Waals surface area contributed by atoms with Crippen LogP contribution in [0, 0.1) is 11.8 Å². The lowest BCUT2D eigenvalue weighted by Gasteiger charge is -2.24. The molecule has 2 amide bonds. The minimum atomic E-state index is -0.978. The molecule has 0 unspecified atom stereocenters. The van der Waals surface area contributed by atoms with E-state index in [1.165, 1.54) is 0 Å². The number of carbonyl (C=O) groups excluding carboxylic acids is 2. The van der Waals surface area contributed by atoms with Gasteiger partial charge in [-0.25, -0.2) is 0 Å². The van der Waals surface area contributed by atoms with E-state index in [9.17, 15) is 19.5 Å². The van der Waals surface area contributed by atoms with Gasteiger partial charge in [0.1, 0.15) is 0 Å². The Hall–Kier alpha value is -2.63. The Bertz CT molecular complexity index is 654. The van der Waals surface area contributed by atoms with E-state index in [2.05, 4.69) is 10.6 Å². The van der Waals surface area contributed by atoms with Gasteiger partial charge in [-0.05, 0) is 31.4 Å². The van der Waals surface area contributed by atoms with E-state index in [0.717, 1.165) is 6.42 Å². The van der Waals surface area contributed by atoms with Crippen LogP contribution in [0.15, 0.2) is 36.4 Å². The standard InChI is InChI=1S/C18H22N2O4/c1-2-11-19-16(21)14-9-5-6-10-15(14)20-17(22)12-7-3-4-8-13(12)18(23)24/h3-6,9-10,12-13H,2,7-8,11H2,1H3,(H,19,21)(H,20,22)(H,23,24)/t12-,13-/m0/s1. The summed E-state index contributed by atoms with van der Waals surface area (Å²) >= 11 is 0. The molecular formula is C18H22N2O4. The first-order valence-corrected chi connectivity index (χ1v) is 8.10. The quantitative estimate of drug-likeness (QED) is 0.698. The first kappa shape index (κ1) is 17.7. The molecule has 0 spiro atoms. The SMILES string of the molecule is CCCNC(=O)c1ccccc1NC(=O)[C@H]1CC=CC[C@@H]1C(=O)O. The van der Waals surface area contributed by atoms with Crippen LogP contribution in [0.4, 0.5) is 5.69 Å². The fraction of sp³-hybridized carbons (Fsp3) is 0.389. The van der Waals surface area contributed by atoms with E-state index >= 15 is 0 Å². The van der Waals surface area contributed by atoms with Crippen LogP contribution in [0.1, 0.15) is 36.5 Å². The lowest BCUT2D eigenvalue weighted by atomic mass is 9.82. The number of hydrogen-bond acceptors (Lipinski definition) is 3. The Labute approximate surface area is 140 Å². The fourth-order valence-electron chi connectivity index (χ4n) is 2.73. The number of rotatable bonds is 6. The van der Waals surface area contributed by atoms with Crippen LogP contribution in [0.3, 0.4) is 0 Å². The maximum absolute atomic E-state index is 12.5. The molecule has 1 aromatic rings. The van der Waals surface area contributed by atoms with Gasteiger partial charge in [-0.3, -0.25) is 14.4 Å². The Morgan fingerprint density at radius 3 is 2.46 bits per heavy atom. The summed E-state index contributed by atoms with van der Waals surface area (Å²) in [5, 5.41) is 14.8. The molecule has 0 saturated heterocycles. The van der Waals surface area contributed by atoms with Gasteiger partial charge in [0.2, 0.25) is 5.91 Å². The van der Waals surface area contributed by atoms with Crippen LogP contribution in [-0.2, 0) is 9.59 Å². The van der Waals surface area contributed by atoms with E-state index in [0.29, 0.717) is 30.6 Å². The fourth-order valence-corrected chi connectivity index (χ4v) is 2.73. The molecule has 0 saturated carbocycles. The minimum absolute atomic E-state index is 0.258. The van der Waals surface area contributed by atoms with Gasteiger partial charge in [0.15, 0.2) is 0 Å². The number of anilines is 1. The molecule has 3 N–H and O–H groups in total. The first-order chi connectivity index (χ1) is 11.5. The second kappa shape index (κ2) is 8.29. The van der Waals surface area contributed by atoms with E-state index in [4.69, 9.17) is 0 Å². The van der Waals surface area contributed by atoms with Crippen LogP contribution in [0.2, 0.25) is 0 Å². The zero-order chi connectivity index (χ0) is 17.5. The van der Waals surface area contributed by atoms with Gasteiger partial charge >= 0.3 is 5.97 Å². The van der Waals surface area contributed by atoms with Gasteiger partial charge in [0.25, 0.3) is 5.91 Å². The van der Waals surface area contributed by atoms with Gasteiger partial charge in [0.05, 0.1) is 23.1 Å². The second-order valence-electron chi connectivity index (χ2n) is 5.78. The third kappa shape index (κ3) is 4.22. The van der Waals surface area contributed by atoms with Crippen LogP contribution in [0.5, 0.6) is 0 Å². The predicted molar refractivity (Wildman–Crippen MR) is 90.7 cm³/mol. The van der Waals surface area contributed by atoms with Crippen molar-refractivity contribution in [1.29, 1.82) is 0 Å². The van der Waals surface area contributed by atoms with Crippen molar-refractivity contribution in [2.45, 2.75) is 26.2 Å². The van der Waals surface area contributed by atoms with Gasteiger partial charge in [-0.2, -0.15) is 0 Å². The summed E-state index contributed by atoms with van der Waals surface area (Å²) in [6.45, 7) is 2.51. The van der Waals surface area contributed by atoms with Crippen LogP contribution >= 0.6 is 0 Å². The van der Waals surface area contributed by atoms with Crippen molar-refractivity contribution in [3.05, 3.63) is 42.0 Å². The highest BCUT2D eigenvalue weighted by Gasteiger charge is 2.34. The number of para-hydroxylation sites is 1. The Morgan fingerprint density at radius 2 is 1.79 bits per heavy atom. The number of allylic oxidation sites excluding steroid dienone is 2. The van der Waals surface area contributed by atoms with E-state index < -0.39 is 17.8 Å². The molecule has 2 atom stereocenters. The largest absolute Gasteiger partial charge is 0.481 e. The molecular weight excluding hydrogens is 308 g/mol. The Balaban J connectivity index is 2.15. The average Bonchev–Trinajstić information content (AvgIpc) is 2.60. The van der Waals surface area contributed by atoms with Crippen molar-refractivity contribution in [1.82, 2.24) is 5.32 Å². The van der Waals surface area contributed by atoms with Gasteiger partial charge < -0.3 is 15.7 Å². The molecule has 1 aliphatic carbocycles. The minimum Gasteiger partial charge on any atom is -0.481 e. The maximum Gasteiger partial charge on any atom is 0.307 e. The molecule has 1 aromatic carbocycles. The van der Waals surface area contributed by atoms with E-state index in [1.54, 1.807) is 30.3 Å². The van der Waals surface area contributed by atoms with Crippen molar-refractivity contribution in [3.63, 3.8) is 0 Å². The number of amides is 2. The number of carboxylic acids is 1. The van der Waals surface area contributed by atoms with Crippen molar-refractivity contribution in [2.75, 3.05) is 11.9 Å². The smallest absolute Gasteiger partial charge is 0.307 e. The Kier molecular flexibility index (Phi) is 6.12. The van der Waals surface area contributed by atoms with Crippen molar-refractivity contribution in [2.24, 2.45) is 11.8 Å². The number of aliphatic carboxylic acids is 1. The molecule has 0 radical (unpaired) electrons. The molecule has 6 heteroatoms. The highest BCUT2D eigenvalue weighted by molar-refractivity contribution is 6.04. The topological polar surface area (TPSA) is 95.5 Å². The maximum atomic E-state index is 12.5. The molecule has 128 valence electrons. The molecule has 0 bridgehead atoms. The van der Waals surface area contributed by atoms with Crippen molar-refractivity contribution < 1.29 is 19.5 Å². The predicted octanol–water partition coefficient (Wildman–Crippen LogP) is 2.43. The summed E-state index contributed by atoms with van der Waals surface area (Å²) in [5.74, 6) is -2.99. The van der Waals surface area contributed by atoms with E-state index in [-0.39, 0.29) is 11.8 Å². The van der Waals surface area contributed by atoms with Gasteiger partial charge in [-0.15, -0.1) is 0 Å². The zero-order valence-corrected chi connectivity index (χ0v) is 13.6. The number of carbonyl (C=O) groups is 3. The second-order valence-corrected chi connectivity index (χ2v) is 5.78. The molecule has 1 aliphatic rings. The lowest BCUT2D eigenvalue weighted by Crippen LogP contribution is -2.35. The highest BCUT2D eigenvalue weighted by Crippen LogP contribution is 2.27. The molecule has 2 rings (SSSR count). The summed E-state index contributed by atoms with van der Waals surface area (Å²) in [6, 6.07) is 6.73. The van der Waals surface area contributed by atoms with E-state index in [1.807, 2.05) is 13.0 Å². The number of hydrogen-bond donors (Lipinski definition) is 3. The lowest BCUT2D eigenvalue weighted by molar-refractivity contribution is -0.146. The molecule has 0 heterocycles.